The molecule has 0 aromatic heterocycles. The molecule has 0 amide bonds. The number of methoxy groups -OCH3 is 1. The van der Waals surface area contributed by atoms with Gasteiger partial charge in [-0.25, -0.2) is 0 Å². The van der Waals surface area contributed by atoms with Crippen LogP contribution in [-0.4, -0.2) is 81.7 Å². The Morgan fingerprint density at radius 1 is 0.274 bits per heavy atom. The summed E-state index contributed by atoms with van der Waals surface area (Å²) in [5.74, 6) is 0. The zero-order valence-electron chi connectivity index (χ0n) is 41.3. The third kappa shape index (κ3) is 15.3. The Labute approximate surface area is 429 Å². The number of hydrogen-bond acceptors (Lipinski definition) is 11. The molecule has 2 aliphatic heterocycles. The summed E-state index contributed by atoms with van der Waals surface area (Å²) in [4.78, 5) is 0. The van der Waals surface area contributed by atoms with Crippen LogP contribution in [0.15, 0.2) is 212 Å². The quantitative estimate of drug-likeness (QED) is 0.0518. The molecule has 0 saturated carbocycles. The van der Waals surface area contributed by atoms with E-state index < -0.39 is 61.4 Å². The van der Waals surface area contributed by atoms with E-state index >= 15 is 0 Å². The SMILES string of the molecule is CO[C@@H]1O[C@H](CO[C@@H]2O[C@H](COCc3ccccc3)[C@H](OCc3ccccc3)[C@H](OCc3ccccc3)[C@H]2OCc2ccccc2)[C@@H](OCc2ccccc2)[C@H](OCc2ccccc2)[C@H]1OCc1ccccc1. The molecule has 11 nitrogen and oxygen atoms in total. The van der Waals surface area contributed by atoms with E-state index in [1.807, 2.05) is 212 Å². The van der Waals surface area contributed by atoms with Gasteiger partial charge in [0.2, 0.25) is 0 Å². The lowest BCUT2D eigenvalue weighted by Crippen LogP contribution is -2.64. The second-order valence-electron chi connectivity index (χ2n) is 18.2. The maximum absolute atomic E-state index is 7.10. The van der Waals surface area contributed by atoms with E-state index in [2.05, 4.69) is 0 Å². The van der Waals surface area contributed by atoms with E-state index in [1.165, 1.54) is 0 Å². The molecule has 2 heterocycles. The van der Waals surface area contributed by atoms with Crippen molar-refractivity contribution in [1.82, 2.24) is 0 Å². The first-order valence-electron chi connectivity index (χ1n) is 25.2. The lowest BCUT2D eigenvalue weighted by molar-refractivity contribution is -0.351. The fourth-order valence-electron chi connectivity index (χ4n) is 9.14. The van der Waals surface area contributed by atoms with Crippen LogP contribution >= 0.6 is 0 Å². The Bertz CT molecular complexity index is 2560. The van der Waals surface area contributed by atoms with Crippen molar-refractivity contribution in [3.05, 3.63) is 251 Å². The van der Waals surface area contributed by atoms with E-state index in [4.69, 9.17) is 52.1 Å². The van der Waals surface area contributed by atoms with Gasteiger partial charge >= 0.3 is 0 Å². The summed E-state index contributed by atoms with van der Waals surface area (Å²) in [5.41, 5.74) is 7.00. The molecular weight excluding hydrogens is 921 g/mol. The molecule has 2 fully saturated rings. The maximum atomic E-state index is 7.10. The highest BCUT2D eigenvalue weighted by molar-refractivity contribution is 5.19. The van der Waals surface area contributed by atoms with Crippen LogP contribution in [0, 0.1) is 0 Å². The van der Waals surface area contributed by atoms with Crippen molar-refractivity contribution < 1.29 is 52.1 Å². The topological polar surface area (TPSA) is 102 Å². The molecule has 11 heteroatoms. The van der Waals surface area contributed by atoms with Gasteiger partial charge in [0.05, 0.1) is 59.5 Å². The third-order valence-corrected chi connectivity index (χ3v) is 12.9. The van der Waals surface area contributed by atoms with Crippen LogP contribution in [0.2, 0.25) is 0 Å². The van der Waals surface area contributed by atoms with Crippen molar-refractivity contribution in [3.8, 4) is 0 Å². The molecule has 2 saturated heterocycles. The molecule has 10 atom stereocenters. The fraction of sp³-hybridized carbons (Fsp3) is 0.323. The van der Waals surface area contributed by atoms with Crippen molar-refractivity contribution >= 4 is 0 Å². The molecule has 73 heavy (non-hydrogen) atoms. The van der Waals surface area contributed by atoms with Crippen LogP contribution in [0.1, 0.15) is 38.9 Å². The van der Waals surface area contributed by atoms with Crippen LogP contribution < -0.4 is 0 Å². The molecule has 0 unspecified atom stereocenters. The van der Waals surface area contributed by atoms with Crippen LogP contribution in [0.4, 0.5) is 0 Å². The molecule has 2 aliphatic rings. The van der Waals surface area contributed by atoms with Crippen LogP contribution in [-0.2, 0) is 98.4 Å². The lowest BCUT2D eigenvalue weighted by Gasteiger charge is -2.48. The molecule has 7 aromatic carbocycles. The summed E-state index contributed by atoms with van der Waals surface area (Å²) in [5, 5.41) is 0. The van der Waals surface area contributed by atoms with Crippen LogP contribution in [0.5, 0.6) is 0 Å². The maximum Gasteiger partial charge on any atom is 0.187 e. The average molecular weight is 987 g/mol. The average Bonchev–Trinajstić information content (AvgIpc) is 3.45. The summed E-state index contributed by atoms with van der Waals surface area (Å²) >= 11 is 0. The van der Waals surface area contributed by atoms with E-state index in [0.717, 1.165) is 38.9 Å². The van der Waals surface area contributed by atoms with Gasteiger partial charge in [0.1, 0.15) is 48.8 Å². The van der Waals surface area contributed by atoms with E-state index in [1.54, 1.807) is 7.11 Å². The van der Waals surface area contributed by atoms with Gasteiger partial charge in [-0.2, -0.15) is 0 Å². The molecule has 0 bridgehead atoms. The van der Waals surface area contributed by atoms with Gasteiger partial charge in [-0.15, -0.1) is 0 Å². The Kier molecular flexibility index (Phi) is 19.9. The minimum absolute atomic E-state index is 0.00960. The second kappa shape index (κ2) is 28.0. The van der Waals surface area contributed by atoms with Gasteiger partial charge in [-0.1, -0.05) is 212 Å². The van der Waals surface area contributed by atoms with Crippen LogP contribution in [0.25, 0.3) is 0 Å². The minimum Gasteiger partial charge on any atom is -0.374 e. The molecule has 0 spiro atoms. The molecule has 7 aromatic rings. The molecular formula is C62H66O11. The van der Waals surface area contributed by atoms with Gasteiger partial charge in [0, 0.05) is 7.11 Å². The largest absolute Gasteiger partial charge is 0.374 e. The van der Waals surface area contributed by atoms with Crippen LogP contribution in [0.3, 0.4) is 0 Å². The lowest BCUT2D eigenvalue weighted by atomic mass is 9.96. The normalized spacial score (nSPS) is 24.0. The predicted octanol–water partition coefficient (Wildman–Crippen LogP) is 10.8. The van der Waals surface area contributed by atoms with Crippen molar-refractivity contribution in [1.29, 1.82) is 0 Å². The van der Waals surface area contributed by atoms with Gasteiger partial charge in [-0.05, 0) is 38.9 Å². The highest BCUT2D eigenvalue weighted by Crippen LogP contribution is 2.35. The number of benzene rings is 7. The summed E-state index contributed by atoms with van der Waals surface area (Å²) in [6.45, 7) is 2.25. The highest BCUT2D eigenvalue weighted by atomic mass is 16.7. The first kappa shape index (κ1) is 52.0. The van der Waals surface area contributed by atoms with Crippen molar-refractivity contribution in [2.45, 2.75) is 108 Å². The minimum atomic E-state index is -0.999. The number of ether oxygens (including phenoxy) is 11. The monoisotopic (exact) mass is 986 g/mol. The van der Waals surface area contributed by atoms with Crippen molar-refractivity contribution in [2.75, 3.05) is 20.3 Å². The Morgan fingerprint density at radius 3 is 0.863 bits per heavy atom. The summed E-state index contributed by atoms with van der Waals surface area (Å²) in [6.07, 6.45) is -7.47. The van der Waals surface area contributed by atoms with Crippen molar-refractivity contribution in [3.63, 3.8) is 0 Å². The molecule has 380 valence electrons. The fourth-order valence-corrected chi connectivity index (χ4v) is 9.14. The smallest absolute Gasteiger partial charge is 0.187 e. The first-order chi connectivity index (χ1) is 36.2. The van der Waals surface area contributed by atoms with E-state index in [0.29, 0.717) is 26.4 Å². The van der Waals surface area contributed by atoms with Gasteiger partial charge in [0.15, 0.2) is 12.6 Å². The predicted molar refractivity (Wildman–Crippen MR) is 276 cm³/mol. The standard InChI is InChI=1S/C62H66O11/c1-63-61-59(69-42-51-33-19-7-20-34-51)57(67-40-49-29-15-5-16-30-49)56(66-39-48-27-13-4-14-28-48)54(72-61)45-71-62-60(70-43-52-35-21-8-22-36-52)58(68-41-50-31-17-6-18-32-50)55(65-38-47-25-11-3-12-26-47)53(73-62)44-64-37-46-23-9-2-10-24-46/h2-36,53-62H,37-45H2,1H3/t53-,54-,55+,56-,57+,58+,59-,60-,61-,62-/m1/s1. The van der Waals surface area contributed by atoms with E-state index in [9.17, 15) is 0 Å². The number of rotatable bonds is 26. The Hall–Kier alpha value is -5.90. The Balaban J connectivity index is 1.05. The number of hydrogen-bond donors (Lipinski definition) is 0. The van der Waals surface area contributed by atoms with E-state index in [-0.39, 0.29) is 33.0 Å². The second-order valence-corrected chi connectivity index (χ2v) is 18.2. The van der Waals surface area contributed by atoms with Crippen molar-refractivity contribution in [2.24, 2.45) is 0 Å². The summed E-state index contributed by atoms with van der Waals surface area (Å²) in [7, 11) is 1.61. The zero-order chi connectivity index (χ0) is 49.7. The molecule has 9 rings (SSSR count). The Morgan fingerprint density at radius 2 is 0.534 bits per heavy atom. The molecule has 0 aliphatic carbocycles. The molecule has 0 N–H and O–H groups in total. The summed E-state index contributed by atoms with van der Waals surface area (Å²) < 4.78 is 75.2. The zero-order valence-corrected chi connectivity index (χ0v) is 41.3. The third-order valence-electron chi connectivity index (χ3n) is 12.9. The highest BCUT2D eigenvalue weighted by Gasteiger charge is 2.52. The van der Waals surface area contributed by atoms with Gasteiger partial charge in [0.25, 0.3) is 0 Å². The summed E-state index contributed by atoms with van der Waals surface area (Å²) in [6, 6.07) is 70.4. The first-order valence-corrected chi connectivity index (χ1v) is 25.2. The van der Waals surface area contributed by atoms with Gasteiger partial charge in [-0.3, -0.25) is 0 Å². The van der Waals surface area contributed by atoms with Gasteiger partial charge < -0.3 is 52.1 Å². The molecule has 0 radical (unpaired) electrons.